The average Bonchev–Trinajstić information content (AvgIpc) is 2.24. The molecule has 0 aliphatic heterocycles. The molecule has 4 heteroatoms. The molecule has 0 spiro atoms. The van der Waals surface area contributed by atoms with Gasteiger partial charge < -0.3 is 0 Å². The highest BCUT2D eigenvalue weighted by molar-refractivity contribution is 5.20. The van der Waals surface area contributed by atoms with E-state index < -0.39 is 11.7 Å². The van der Waals surface area contributed by atoms with Crippen LogP contribution in [0.2, 0.25) is 0 Å². The van der Waals surface area contributed by atoms with Crippen molar-refractivity contribution in [2.24, 2.45) is 0 Å². The Balaban J connectivity index is 2.54. The van der Waals surface area contributed by atoms with Gasteiger partial charge >= 0.3 is 6.18 Å². The largest absolute Gasteiger partial charge is 0.417 e. The summed E-state index contributed by atoms with van der Waals surface area (Å²) in [6.07, 6.45) is 3.02. The van der Waals surface area contributed by atoms with Gasteiger partial charge in [0.15, 0.2) is 0 Å². The molecule has 0 aliphatic rings. The smallest absolute Gasteiger partial charge is 0.264 e. The van der Waals surface area contributed by atoms with Crippen molar-refractivity contribution in [1.29, 1.82) is 0 Å². The molecule has 0 bridgehead atoms. The van der Waals surface area contributed by atoms with Crippen LogP contribution in [-0.2, 0) is 12.6 Å². The van der Waals surface area contributed by atoms with Gasteiger partial charge in [-0.05, 0) is 24.5 Å². The summed E-state index contributed by atoms with van der Waals surface area (Å²) < 4.78 is 37.1. The van der Waals surface area contributed by atoms with Gasteiger partial charge in [0.05, 0.1) is 5.56 Å². The lowest BCUT2D eigenvalue weighted by Gasteiger charge is -2.07. The molecule has 0 fully saturated rings. The maximum atomic E-state index is 12.4. The Kier molecular flexibility index (Phi) is 4.77. The summed E-state index contributed by atoms with van der Waals surface area (Å²) >= 11 is 0. The number of hydrogen-bond acceptors (Lipinski definition) is 1. The molecule has 0 unspecified atom stereocenters. The van der Waals surface area contributed by atoms with E-state index >= 15 is 0 Å². The van der Waals surface area contributed by atoms with Crippen molar-refractivity contribution in [3.63, 3.8) is 0 Å². The van der Waals surface area contributed by atoms with Crippen LogP contribution in [0.15, 0.2) is 18.5 Å². The van der Waals surface area contributed by atoms with Gasteiger partial charge in [-0.2, -0.15) is 13.2 Å². The Morgan fingerprint density at radius 2 is 1.88 bits per heavy atom. The van der Waals surface area contributed by atoms with Crippen LogP contribution >= 0.6 is 0 Å². The number of halogens is 3. The zero-order valence-electron chi connectivity index (χ0n) is 9.35. The first-order chi connectivity index (χ1) is 7.54. The highest BCUT2D eigenvalue weighted by atomic mass is 19.4. The highest BCUT2D eigenvalue weighted by Crippen LogP contribution is 2.29. The second-order valence-electron chi connectivity index (χ2n) is 3.89. The van der Waals surface area contributed by atoms with E-state index in [1.54, 1.807) is 0 Å². The fraction of sp³-hybridized carbons (Fsp3) is 0.583. The maximum Gasteiger partial charge on any atom is 0.417 e. The zero-order chi connectivity index (χ0) is 12.0. The Morgan fingerprint density at radius 3 is 2.50 bits per heavy atom. The minimum Gasteiger partial charge on any atom is -0.264 e. The second kappa shape index (κ2) is 5.87. The standard InChI is InChI=1S/C12H16F3N/c1-2-3-4-5-6-10-7-11(9-16-8-10)12(13,14)15/h7-9H,2-6H2,1H3. The molecule has 1 aromatic heterocycles. The van der Waals surface area contributed by atoms with Crippen LogP contribution < -0.4 is 0 Å². The lowest BCUT2D eigenvalue weighted by atomic mass is 10.1. The second-order valence-corrected chi connectivity index (χ2v) is 3.89. The lowest BCUT2D eigenvalue weighted by Crippen LogP contribution is -2.06. The minimum absolute atomic E-state index is 0.652. The molecular formula is C12H16F3N. The van der Waals surface area contributed by atoms with Gasteiger partial charge in [0.25, 0.3) is 0 Å². The van der Waals surface area contributed by atoms with E-state index in [1.165, 1.54) is 12.3 Å². The van der Waals surface area contributed by atoms with Gasteiger partial charge in [-0.1, -0.05) is 26.2 Å². The fourth-order valence-electron chi connectivity index (χ4n) is 1.54. The van der Waals surface area contributed by atoms with Crippen LogP contribution in [0, 0.1) is 0 Å². The Labute approximate surface area is 93.7 Å². The van der Waals surface area contributed by atoms with Gasteiger partial charge in [0.1, 0.15) is 0 Å². The topological polar surface area (TPSA) is 12.9 Å². The predicted molar refractivity (Wildman–Crippen MR) is 57.1 cm³/mol. The molecule has 1 rings (SSSR count). The van der Waals surface area contributed by atoms with Gasteiger partial charge in [0, 0.05) is 12.4 Å². The molecule has 16 heavy (non-hydrogen) atoms. The molecule has 0 saturated carbocycles. The van der Waals surface area contributed by atoms with Crippen LogP contribution in [0.5, 0.6) is 0 Å². The van der Waals surface area contributed by atoms with Crippen molar-refractivity contribution in [1.82, 2.24) is 4.98 Å². The minimum atomic E-state index is -4.29. The summed E-state index contributed by atoms with van der Waals surface area (Å²) in [5, 5.41) is 0. The Morgan fingerprint density at radius 1 is 1.12 bits per heavy atom. The summed E-state index contributed by atoms with van der Waals surface area (Å²) in [6, 6.07) is 1.19. The van der Waals surface area contributed by atoms with E-state index in [-0.39, 0.29) is 0 Å². The molecular weight excluding hydrogens is 215 g/mol. The first-order valence-electron chi connectivity index (χ1n) is 5.55. The number of pyridine rings is 1. The number of unbranched alkanes of at least 4 members (excludes halogenated alkanes) is 3. The third-order valence-electron chi connectivity index (χ3n) is 2.44. The Bertz CT molecular complexity index is 320. The first-order valence-corrected chi connectivity index (χ1v) is 5.55. The van der Waals surface area contributed by atoms with Gasteiger partial charge in [-0.3, -0.25) is 4.98 Å². The van der Waals surface area contributed by atoms with Crippen LogP contribution in [-0.4, -0.2) is 4.98 Å². The highest BCUT2D eigenvalue weighted by Gasteiger charge is 2.30. The molecule has 0 amide bonds. The van der Waals surface area contributed by atoms with Gasteiger partial charge in [-0.15, -0.1) is 0 Å². The first kappa shape index (κ1) is 13.0. The van der Waals surface area contributed by atoms with Crippen molar-refractivity contribution in [2.45, 2.75) is 45.2 Å². The zero-order valence-corrected chi connectivity index (χ0v) is 9.35. The monoisotopic (exact) mass is 231 g/mol. The number of alkyl halides is 3. The van der Waals surface area contributed by atoms with Crippen LogP contribution in [0.25, 0.3) is 0 Å². The molecule has 0 N–H and O–H groups in total. The summed E-state index contributed by atoms with van der Waals surface area (Å²) in [6.45, 7) is 2.10. The van der Waals surface area contributed by atoms with Crippen molar-refractivity contribution in [3.05, 3.63) is 29.6 Å². The van der Waals surface area contributed by atoms with Crippen LogP contribution in [0.3, 0.4) is 0 Å². The van der Waals surface area contributed by atoms with E-state index in [4.69, 9.17) is 0 Å². The third kappa shape index (κ3) is 4.21. The molecule has 0 radical (unpaired) electrons. The number of aryl methyl sites for hydroxylation is 1. The average molecular weight is 231 g/mol. The van der Waals surface area contributed by atoms with Crippen molar-refractivity contribution < 1.29 is 13.2 Å². The molecule has 90 valence electrons. The SMILES string of the molecule is CCCCCCc1cncc(C(F)(F)F)c1. The van der Waals surface area contributed by atoms with Crippen LogP contribution in [0.1, 0.15) is 43.7 Å². The third-order valence-corrected chi connectivity index (χ3v) is 2.44. The predicted octanol–water partition coefficient (Wildman–Crippen LogP) is 4.22. The van der Waals surface area contributed by atoms with E-state index in [0.29, 0.717) is 12.0 Å². The van der Waals surface area contributed by atoms with Gasteiger partial charge in [-0.25, -0.2) is 0 Å². The molecule has 0 aromatic carbocycles. The van der Waals surface area contributed by atoms with E-state index in [0.717, 1.165) is 31.9 Å². The van der Waals surface area contributed by atoms with Crippen molar-refractivity contribution >= 4 is 0 Å². The number of hydrogen-bond donors (Lipinski definition) is 0. The van der Waals surface area contributed by atoms with Crippen molar-refractivity contribution in [3.8, 4) is 0 Å². The summed E-state index contributed by atoms with van der Waals surface area (Å²) in [4.78, 5) is 3.63. The summed E-state index contributed by atoms with van der Waals surface area (Å²) in [5.41, 5.74) is 0.0198. The molecule has 0 saturated heterocycles. The lowest BCUT2D eigenvalue weighted by molar-refractivity contribution is -0.137. The quantitative estimate of drug-likeness (QED) is 0.691. The molecule has 0 atom stereocenters. The van der Waals surface area contributed by atoms with Crippen molar-refractivity contribution in [2.75, 3.05) is 0 Å². The van der Waals surface area contributed by atoms with Crippen LogP contribution in [0.4, 0.5) is 13.2 Å². The number of nitrogens with zero attached hydrogens (tertiary/aromatic N) is 1. The molecule has 1 aromatic rings. The van der Waals surface area contributed by atoms with Gasteiger partial charge in [0.2, 0.25) is 0 Å². The molecule has 0 aliphatic carbocycles. The number of rotatable bonds is 5. The van der Waals surface area contributed by atoms with E-state index in [2.05, 4.69) is 11.9 Å². The maximum absolute atomic E-state index is 12.4. The summed E-state index contributed by atoms with van der Waals surface area (Å²) in [5.74, 6) is 0. The van der Waals surface area contributed by atoms with E-state index in [9.17, 15) is 13.2 Å². The molecule has 1 heterocycles. The fourth-order valence-corrected chi connectivity index (χ4v) is 1.54. The normalized spacial score (nSPS) is 11.8. The molecule has 1 nitrogen and oxygen atoms in total. The Hall–Kier alpha value is -1.06. The summed E-state index contributed by atoms with van der Waals surface area (Å²) in [7, 11) is 0. The number of aromatic nitrogens is 1. The van der Waals surface area contributed by atoms with E-state index in [1.807, 2.05) is 0 Å².